The molecule has 0 heterocycles. The van der Waals surface area contributed by atoms with E-state index in [1.54, 1.807) is 0 Å². The van der Waals surface area contributed by atoms with E-state index in [2.05, 4.69) is 33.0 Å². The quantitative estimate of drug-likeness (QED) is 0.688. The Kier molecular flexibility index (Phi) is 6.17. The lowest BCUT2D eigenvalue weighted by atomic mass is 9.83. The van der Waals surface area contributed by atoms with Crippen molar-refractivity contribution in [2.75, 3.05) is 13.1 Å². The molecule has 102 valence electrons. The molecule has 0 saturated carbocycles. The molecule has 0 aromatic heterocycles. The van der Waals surface area contributed by atoms with E-state index in [1.807, 2.05) is 13.8 Å². The van der Waals surface area contributed by atoms with Crippen molar-refractivity contribution in [3.05, 3.63) is 0 Å². The number of carbonyl (C=O) groups is 1. The maximum atomic E-state index is 10.7. The maximum absolute atomic E-state index is 10.7. The first kappa shape index (κ1) is 16.4. The summed E-state index contributed by atoms with van der Waals surface area (Å²) in [5.74, 6) is -0.0305. The first-order valence-electron chi connectivity index (χ1n) is 6.47. The summed E-state index contributed by atoms with van der Waals surface area (Å²) in [4.78, 5) is 10.7. The van der Waals surface area contributed by atoms with E-state index in [9.17, 15) is 4.79 Å². The highest BCUT2D eigenvalue weighted by atomic mass is 16.4. The summed E-state index contributed by atoms with van der Waals surface area (Å²) >= 11 is 0. The molecular weight excluding hydrogens is 214 g/mol. The number of aliphatic carboxylic acids is 1. The van der Waals surface area contributed by atoms with Gasteiger partial charge in [-0.15, -0.1) is 0 Å². The lowest BCUT2D eigenvalue weighted by Crippen LogP contribution is -2.37. The van der Waals surface area contributed by atoms with Crippen LogP contribution >= 0.6 is 0 Å². The number of hydrogen-bond donors (Lipinski definition) is 2. The Morgan fingerprint density at radius 3 is 2.00 bits per heavy atom. The van der Waals surface area contributed by atoms with Gasteiger partial charge in [0.25, 0.3) is 0 Å². The fraction of sp³-hybridized carbons (Fsp3) is 0.929. The van der Waals surface area contributed by atoms with E-state index in [0.29, 0.717) is 5.92 Å². The number of hydrogen-bond acceptors (Lipinski definition) is 2. The molecule has 0 radical (unpaired) electrons. The standard InChI is InChI=1S/C14H29NO2/c1-11(2)7-13(3,4)9-15-10-14(5,6)8-12(16)17/h11,15H,7-10H2,1-6H3,(H,16,17). The predicted molar refractivity (Wildman–Crippen MR) is 72.1 cm³/mol. The van der Waals surface area contributed by atoms with Crippen molar-refractivity contribution >= 4 is 5.97 Å². The molecule has 0 atom stereocenters. The monoisotopic (exact) mass is 243 g/mol. The lowest BCUT2D eigenvalue weighted by Gasteiger charge is -2.30. The van der Waals surface area contributed by atoms with Gasteiger partial charge >= 0.3 is 5.97 Å². The summed E-state index contributed by atoms with van der Waals surface area (Å²) in [6, 6.07) is 0. The van der Waals surface area contributed by atoms with Gasteiger partial charge in [-0.05, 0) is 23.2 Å². The molecule has 0 fully saturated rings. The molecule has 0 aromatic carbocycles. The van der Waals surface area contributed by atoms with Crippen LogP contribution in [0.15, 0.2) is 0 Å². The van der Waals surface area contributed by atoms with E-state index >= 15 is 0 Å². The average molecular weight is 243 g/mol. The zero-order chi connectivity index (χ0) is 13.7. The highest BCUT2D eigenvalue weighted by Crippen LogP contribution is 2.25. The molecule has 0 aliphatic carbocycles. The van der Waals surface area contributed by atoms with Gasteiger partial charge in [0.2, 0.25) is 0 Å². The third-order valence-corrected chi connectivity index (χ3v) is 2.80. The van der Waals surface area contributed by atoms with Crippen molar-refractivity contribution in [2.45, 2.75) is 54.4 Å². The second-order valence-corrected chi connectivity index (χ2v) is 7.10. The summed E-state index contributed by atoms with van der Waals surface area (Å²) in [6.45, 7) is 14.6. The van der Waals surface area contributed by atoms with E-state index in [1.165, 1.54) is 6.42 Å². The lowest BCUT2D eigenvalue weighted by molar-refractivity contribution is -0.139. The zero-order valence-corrected chi connectivity index (χ0v) is 12.3. The molecule has 17 heavy (non-hydrogen) atoms. The fourth-order valence-electron chi connectivity index (χ4n) is 2.39. The molecule has 0 unspecified atom stereocenters. The van der Waals surface area contributed by atoms with E-state index < -0.39 is 5.97 Å². The highest BCUT2D eigenvalue weighted by molar-refractivity contribution is 5.67. The topological polar surface area (TPSA) is 49.3 Å². The highest BCUT2D eigenvalue weighted by Gasteiger charge is 2.24. The van der Waals surface area contributed by atoms with Crippen LogP contribution < -0.4 is 5.32 Å². The third kappa shape index (κ3) is 9.16. The third-order valence-electron chi connectivity index (χ3n) is 2.80. The summed E-state index contributed by atoms with van der Waals surface area (Å²) in [5.41, 5.74) is 0.0905. The number of nitrogens with one attached hydrogen (secondary N) is 1. The Balaban J connectivity index is 4.01. The normalized spacial score (nSPS) is 13.1. The molecule has 3 nitrogen and oxygen atoms in total. The van der Waals surface area contributed by atoms with Gasteiger partial charge in [0, 0.05) is 13.1 Å². The van der Waals surface area contributed by atoms with E-state index in [-0.39, 0.29) is 17.3 Å². The van der Waals surface area contributed by atoms with Crippen molar-refractivity contribution in [3.63, 3.8) is 0 Å². The Morgan fingerprint density at radius 2 is 1.59 bits per heavy atom. The van der Waals surface area contributed by atoms with Crippen molar-refractivity contribution in [1.82, 2.24) is 5.32 Å². The van der Waals surface area contributed by atoms with Gasteiger partial charge in [0.1, 0.15) is 0 Å². The fourth-order valence-corrected chi connectivity index (χ4v) is 2.39. The summed E-state index contributed by atoms with van der Waals surface area (Å²) in [7, 11) is 0. The Bertz CT molecular complexity index is 245. The van der Waals surface area contributed by atoms with Crippen LogP contribution in [0, 0.1) is 16.7 Å². The van der Waals surface area contributed by atoms with Gasteiger partial charge in [-0.1, -0.05) is 41.5 Å². The second-order valence-electron chi connectivity index (χ2n) is 7.10. The van der Waals surface area contributed by atoms with Crippen molar-refractivity contribution < 1.29 is 9.90 Å². The second kappa shape index (κ2) is 6.39. The summed E-state index contributed by atoms with van der Waals surface area (Å²) < 4.78 is 0. The van der Waals surface area contributed by atoms with Crippen LogP contribution in [0.25, 0.3) is 0 Å². The minimum atomic E-state index is -0.724. The smallest absolute Gasteiger partial charge is 0.303 e. The Hall–Kier alpha value is -0.570. The van der Waals surface area contributed by atoms with Crippen molar-refractivity contribution in [2.24, 2.45) is 16.7 Å². The SMILES string of the molecule is CC(C)CC(C)(C)CNCC(C)(C)CC(=O)O. The van der Waals surface area contributed by atoms with E-state index in [0.717, 1.165) is 13.1 Å². The summed E-state index contributed by atoms with van der Waals surface area (Å²) in [5, 5.41) is 12.2. The number of carboxylic acids is 1. The Labute approximate surface area is 106 Å². The first-order chi connectivity index (χ1) is 7.54. The molecule has 0 aliphatic rings. The molecule has 3 heteroatoms. The van der Waals surface area contributed by atoms with Crippen LogP contribution in [-0.4, -0.2) is 24.2 Å². The van der Waals surface area contributed by atoms with Crippen LogP contribution in [0.5, 0.6) is 0 Å². The van der Waals surface area contributed by atoms with Gasteiger partial charge in [0.15, 0.2) is 0 Å². The molecule has 0 aliphatic heterocycles. The maximum Gasteiger partial charge on any atom is 0.303 e. The summed E-state index contributed by atoms with van der Waals surface area (Å²) in [6.07, 6.45) is 1.39. The van der Waals surface area contributed by atoms with Crippen LogP contribution in [0.3, 0.4) is 0 Å². The van der Waals surface area contributed by atoms with Gasteiger partial charge in [-0.3, -0.25) is 4.79 Å². The van der Waals surface area contributed by atoms with Gasteiger partial charge in [-0.25, -0.2) is 0 Å². The van der Waals surface area contributed by atoms with Crippen molar-refractivity contribution in [3.8, 4) is 0 Å². The van der Waals surface area contributed by atoms with Crippen LogP contribution in [-0.2, 0) is 4.79 Å². The minimum absolute atomic E-state index is 0.181. The molecule has 0 spiro atoms. The predicted octanol–water partition coefficient (Wildman–Crippen LogP) is 3.15. The number of rotatable bonds is 8. The number of carboxylic acid groups (broad SMARTS) is 1. The molecular formula is C14H29NO2. The molecule has 0 amide bonds. The largest absolute Gasteiger partial charge is 0.481 e. The first-order valence-corrected chi connectivity index (χ1v) is 6.47. The Morgan fingerprint density at radius 1 is 1.12 bits per heavy atom. The molecule has 0 aromatic rings. The van der Waals surface area contributed by atoms with Gasteiger partial charge in [0.05, 0.1) is 6.42 Å². The van der Waals surface area contributed by atoms with Gasteiger partial charge in [-0.2, -0.15) is 0 Å². The van der Waals surface area contributed by atoms with Crippen LogP contribution in [0.2, 0.25) is 0 Å². The minimum Gasteiger partial charge on any atom is -0.481 e. The molecule has 0 bridgehead atoms. The van der Waals surface area contributed by atoms with Crippen molar-refractivity contribution in [1.29, 1.82) is 0 Å². The average Bonchev–Trinajstić information content (AvgIpc) is 1.96. The van der Waals surface area contributed by atoms with Crippen LogP contribution in [0.4, 0.5) is 0 Å². The molecule has 0 rings (SSSR count). The zero-order valence-electron chi connectivity index (χ0n) is 12.3. The molecule has 0 saturated heterocycles. The molecule has 2 N–H and O–H groups in total. The van der Waals surface area contributed by atoms with Gasteiger partial charge < -0.3 is 10.4 Å². The van der Waals surface area contributed by atoms with Crippen LogP contribution in [0.1, 0.15) is 54.4 Å². The van der Waals surface area contributed by atoms with E-state index in [4.69, 9.17) is 5.11 Å².